The highest BCUT2D eigenvalue weighted by molar-refractivity contribution is 5.95. The molecule has 0 aliphatic carbocycles. The maximum absolute atomic E-state index is 13.9. The lowest BCUT2D eigenvalue weighted by molar-refractivity contribution is -0.156. The number of ether oxygens (including phenoxy) is 1. The van der Waals surface area contributed by atoms with Gasteiger partial charge in [0.2, 0.25) is 41.4 Å². The summed E-state index contributed by atoms with van der Waals surface area (Å²) in [5, 5.41) is 58.5. The molecule has 10 N–H and O–H groups in total. The van der Waals surface area contributed by atoms with Crippen LogP contribution in [0, 0.1) is 17.8 Å². The molecular weight excluding hydrogens is 979 g/mol. The maximum Gasteiger partial charge on any atom is 0.329 e. The van der Waals surface area contributed by atoms with Crippen LogP contribution in [0.3, 0.4) is 0 Å². The number of hydrogen-bond acceptors (Lipinski definition) is 13. The van der Waals surface area contributed by atoms with Gasteiger partial charge in [-0.2, -0.15) is 0 Å². The molecule has 20 heteroatoms. The summed E-state index contributed by atoms with van der Waals surface area (Å²) in [5.74, 6) is -6.87. The van der Waals surface area contributed by atoms with E-state index in [9.17, 15) is 58.8 Å². The largest absolute Gasteiger partial charge is 0.508 e. The lowest BCUT2D eigenvalue weighted by atomic mass is 9.97. The molecule has 0 fully saturated rings. The van der Waals surface area contributed by atoms with Gasteiger partial charge in [0.05, 0.1) is 49.8 Å². The van der Waals surface area contributed by atoms with E-state index < -0.39 is 134 Å². The second-order valence-electron chi connectivity index (χ2n) is 20.5. The summed E-state index contributed by atoms with van der Waals surface area (Å²) in [6.45, 7) is 10.9. The van der Waals surface area contributed by atoms with Crippen LogP contribution in [0.1, 0.15) is 111 Å². The third-order valence-corrected chi connectivity index (χ3v) is 13.0. The first-order valence-electron chi connectivity index (χ1n) is 26.4. The Hall–Kier alpha value is -6.64. The van der Waals surface area contributed by atoms with Crippen molar-refractivity contribution in [3.8, 4) is 5.75 Å². The summed E-state index contributed by atoms with van der Waals surface area (Å²) >= 11 is 0. The number of amides is 7. The highest BCUT2D eigenvalue weighted by atomic mass is 16.5. The van der Waals surface area contributed by atoms with Crippen molar-refractivity contribution in [2.24, 2.45) is 17.8 Å². The number of hydrogen-bond donors (Lipinski definition) is 10. The summed E-state index contributed by atoms with van der Waals surface area (Å²) in [5.41, 5.74) is 1.42. The van der Waals surface area contributed by atoms with Crippen LogP contribution in [0.15, 0.2) is 78.9 Å². The number of carbonyl (C=O) groups is 8. The standard InChI is InChI=1S/C56H83N7O13/c1-9-10-11-12-13-14-18-21-46(68)58-41(28-37-19-16-15-17-20-37)44(66)30-48(70)62-51(35(4)5)54(73)59-42(32-64)45(67)31-49(71)61-50(34(2)3)53(72)57-39-24-27-47(69)60-52(36(6)7)55(74)63(8)43(56(75)76-33-39)29-38-22-25-40(65)26-23-38/h14-20,22-27,34-36,39,41-45,50-52,64-67H,9-13,21,28-33H2,1-8H3,(H,57,72)(H,58,68)(H,59,73)(H,60,69)(H,61,71)(H,62,70)/b18-14-,27-24-/t39?,41-,42-,43?,44-,45-,50-,51-,52-/m0/s1. The molecule has 0 aromatic heterocycles. The van der Waals surface area contributed by atoms with Crippen LogP contribution in [0.4, 0.5) is 0 Å². The van der Waals surface area contributed by atoms with Gasteiger partial charge in [0.15, 0.2) is 0 Å². The van der Waals surface area contributed by atoms with Crippen LogP contribution in [0.25, 0.3) is 0 Å². The Labute approximate surface area is 447 Å². The van der Waals surface area contributed by atoms with Crippen LogP contribution in [-0.2, 0) is 55.9 Å². The van der Waals surface area contributed by atoms with Crippen molar-refractivity contribution in [3.63, 3.8) is 0 Å². The second-order valence-corrected chi connectivity index (χ2v) is 20.5. The minimum absolute atomic E-state index is 0.00171. The molecule has 2 unspecified atom stereocenters. The number of nitrogens with one attached hydrogen (secondary N) is 6. The quantitative estimate of drug-likeness (QED) is 0.0333. The molecular formula is C56H83N7O13. The number of likely N-dealkylation sites (N-methyl/N-ethyl adjacent to an activating group) is 1. The number of esters is 1. The van der Waals surface area contributed by atoms with E-state index in [1.54, 1.807) is 59.8 Å². The summed E-state index contributed by atoms with van der Waals surface area (Å²) in [6.07, 6.45) is 7.51. The Morgan fingerprint density at radius 2 is 1.36 bits per heavy atom. The topological polar surface area (TPSA) is 302 Å². The highest BCUT2D eigenvalue weighted by Crippen LogP contribution is 2.18. The van der Waals surface area contributed by atoms with Crippen LogP contribution in [-0.4, -0.2) is 147 Å². The van der Waals surface area contributed by atoms with Gasteiger partial charge >= 0.3 is 5.97 Å². The highest BCUT2D eigenvalue weighted by Gasteiger charge is 2.37. The molecule has 0 saturated carbocycles. The van der Waals surface area contributed by atoms with Gasteiger partial charge in [-0.3, -0.25) is 33.6 Å². The van der Waals surface area contributed by atoms with E-state index in [4.69, 9.17) is 4.74 Å². The summed E-state index contributed by atoms with van der Waals surface area (Å²) in [7, 11) is 1.42. The first-order valence-corrected chi connectivity index (χ1v) is 26.4. The van der Waals surface area contributed by atoms with E-state index >= 15 is 0 Å². The van der Waals surface area contributed by atoms with E-state index in [2.05, 4.69) is 38.8 Å². The van der Waals surface area contributed by atoms with Gasteiger partial charge in [-0.15, -0.1) is 0 Å². The fourth-order valence-corrected chi connectivity index (χ4v) is 8.36. The normalized spacial score (nSPS) is 19.3. The zero-order valence-electron chi connectivity index (χ0n) is 45.3. The second kappa shape index (κ2) is 32.7. The zero-order valence-corrected chi connectivity index (χ0v) is 45.3. The van der Waals surface area contributed by atoms with Crippen LogP contribution >= 0.6 is 0 Å². The zero-order chi connectivity index (χ0) is 56.5. The van der Waals surface area contributed by atoms with Gasteiger partial charge in [0, 0.05) is 26.0 Å². The number of carbonyl (C=O) groups excluding carboxylic acids is 8. The van der Waals surface area contributed by atoms with E-state index in [1.807, 2.05) is 36.4 Å². The Balaban J connectivity index is 1.67. The Kier molecular flexibility index (Phi) is 27.4. The Morgan fingerprint density at radius 1 is 0.750 bits per heavy atom. The number of benzene rings is 2. The smallest absolute Gasteiger partial charge is 0.329 e. The predicted molar refractivity (Wildman–Crippen MR) is 286 cm³/mol. The number of cyclic esters (lactones) is 1. The molecule has 0 spiro atoms. The fourth-order valence-electron chi connectivity index (χ4n) is 8.36. The van der Waals surface area contributed by atoms with Crippen molar-refractivity contribution in [2.45, 2.75) is 167 Å². The average Bonchev–Trinajstić information content (AvgIpc) is 3.37. The number of nitrogens with zero attached hydrogens (tertiary/aromatic N) is 1. The van der Waals surface area contributed by atoms with Gasteiger partial charge in [-0.05, 0) is 60.3 Å². The number of aliphatic hydroxyl groups excluding tert-OH is 3. The molecule has 2 aromatic carbocycles. The number of allylic oxidation sites excluding steroid dienone is 1. The third-order valence-electron chi connectivity index (χ3n) is 13.0. The summed E-state index contributed by atoms with van der Waals surface area (Å²) < 4.78 is 5.66. The van der Waals surface area contributed by atoms with Crippen molar-refractivity contribution in [2.75, 3.05) is 20.3 Å². The third kappa shape index (κ3) is 21.9. The van der Waals surface area contributed by atoms with Crippen LogP contribution < -0.4 is 31.9 Å². The van der Waals surface area contributed by atoms with Gasteiger partial charge in [0.1, 0.15) is 36.5 Å². The molecule has 7 amide bonds. The van der Waals surface area contributed by atoms with E-state index in [0.717, 1.165) is 43.7 Å². The Morgan fingerprint density at radius 3 is 1.93 bits per heavy atom. The van der Waals surface area contributed by atoms with Crippen molar-refractivity contribution in [3.05, 3.63) is 90.0 Å². The first kappa shape index (κ1) is 63.7. The summed E-state index contributed by atoms with van der Waals surface area (Å²) in [6, 6.07) is 7.20. The van der Waals surface area contributed by atoms with Gasteiger partial charge < -0.3 is 62.0 Å². The molecule has 9 atom stereocenters. The van der Waals surface area contributed by atoms with E-state index in [0.29, 0.717) is 5.56 Å². The van der Waals surface area contributed by atoms with Crippen molar-refractivity contribution < 1.29 is 63.5 Å². The molecule has 1 aliphatic heterocycles. The molecule has 0 saturated heterocycles. The van der Waals surface area contributed by atoms with Crippen LogP contribution in [0.5, 0.6) is 5.75 Å². The van der Waals surface area contributed by atoms with Crippen molar-refractivity contribution in [1.82, 2.24) is 36.8 Å². The molecule has 1 aliphatic rings. The maximum atomic E-state index is 13.9. The molecule has 3 rings (SSSR count). The number of rotatable bonds is 28. The fraction of sp³-hybridized carbons (Fsp3) is 0.571. The number of aromatic hydroxyl groups is 1. The lowest BCUT2D eigenvalue weighted by Crippen LogP contribution is -2.57. The van der Waals surface area contributed by atoms with Gasteiger partial charge in [-0.25, -0.2) is 4.79 Å². The first-order chi connectivity index (χ1) is 36.0. The SMILES string of the molecule is CCCCCC/C=C\CC(=O)N[C@@H](Cc1ccccc1)[C@@H](O)CC(=O)N[C@H](C(=O)N[C@@H](CO)[C@@H](O)CC(=O)N[C@H](C(=O)NC1/C=C\C(=O)N[C@@H](C(C)C)C(=O)N(C)C(Cc2ccc(O)cc2)C(=O)OC1)C(C)C)C(C)C. The monoisotopic (exact) mass is 1060 g/mol. The van der Waals surface area contributed by atoms with Gasteiger partial charge in [-0.1, -0.05) is 128 Å². The van der Waals surface area contributed by atoms with E-state index in [1.165, 1.54) is 30.2 Å². The molecule has 2 aromatic rings. The van der Waals surface area contributed by atoms with Crippen molar-refractivity contribution >= 4 is 47.3 Å². The van der Waals surface area contributed by atoms with Crippen molar-refractivity contribution in [1.29, 1.82) is 0 Å². The molecule has 0 bridgehead atoms. The van der Waals surface area contributed by atoms with Crippen LogP contribution in [0.2, 0.25) is 0 Å². The lowest BCUT2D eigenvalue weighted by Gasteiger charge is -2.32. The number of aliphatic hydroxyl groups is 3. The number of phenols is 1. The molecule has 76 heavy (non-hydrogen) atoms. The minimum Gasteiger partial charge on any atom is -0.508 e. The minimum atomic E-state index is -1.69. The number of unbranched alkanes of at least 4 members (excludes halogenated alkanes) is 4. The Bertz CT molecular complexity index is 2260. The molecule has 20 nitrogen and oxygen atoms in total. The average molecular weight is 1060 g/mol. The van der Waals surface area contributed by atoms with E-state index in [-0.39, 0.29) is 36.8 Å². The predicted octanol–water partition coefficient (Wildman–Crippen LogP) is 2.41. The molecule has 1 heterocycles. The molecule has 420 valence electrons. The van der Waals surface area contributed by atoms with Gasteiger partial charge in [0.25, 0.3) is 0 Å². The molecule has 0 radical (unpaired) electrons. The number of phenolic OH excluding ortho intramolecular Hbond substituents is 1. The summed E-state index contributed by atoms with van der Waals surface area (Å²) in [4.78, 5) is 109.